The lowest BCUT2D eigenvalue weighted by molar-refractivity contribution is 0.756. The molecule has 7 heteroatoms. The molecule has 0 atom stereocenters. The van der Waals surface area contributed by atoms with Gasteiger partial charge in [-0.05, 0) is 23.3 Å². The van der Waals surface area contributed by atoms with E-state index in [1.807, 2.05) is 20.8 Å². The molecule has 0 radical (unpaired) electrons. The molecule has 2 rings (SSSR count). The molecule has 0 saturated carbocycles. The van der Waals surface area contributed by atoms with Gasteiger partial charge >= 0.3 is 0 Å². The first-order valence-corrected chi connectivity index (χ1v) is 7.32. The molecule has 0 aliphatic rings. The molecule has 0 fully saturated rings. The van der Waals surface area contributed by atoms with Crippen LogP contribution in [0.3, 0.4) is 0 Å². The zero-order chi connectivity index (χ0) is 13.1. The van der Waals surface area contributed by atoms with E-state index in [1.165, 1.54) is 23.3 Å². The lowest BCUT2D eigenvalue weighted by Crippen LogP contribution is -2.02. The zero-order valence-corrected chi connectivity index (χ0v) is 12.2. The van der Waals surface area contributed by atoms with Crippen molar-refractivity contribution in [3.8, 4) is 0 Å². The first-order valence-electron chi connectivity index (χ1n) is 5.73. The van der Waals surface area contributed by atoms with Crippen LogP contribution in [0.1, 0.15) is 38.3 Å². The minimum atomic E-state index is 0.258. The van der Waals surface area contributed by atoms with Crippen molar-refractivity contribution in [2.24, 2.45) is 0 Å². The molecular weight excluding hydrogens is 266 g/mol. The number of hydrogen-bond donors (Lipinski definition) is 1. The van der Waals surface area contributed by atoms with Gasteiger partial charge in [-0.3, -0.25) is 0 Å². The van der Waals surface area contributed by atoms with Crippen molar-refractivity contribution in [3.63, 3.8) is 0 Å². The minimum Gasteiger partial charge on any atom is -0.384 e. The maximum Gasteiger partial charge on any atom is 0.176 e. The summed E-state index contributed by atoms with van der Waals surface area (Å²) in [5, 5.41) is 0.824. The largest absolute Gasteiger partial charge is 0.384 e. The number of nitrogen functional groups attached to an aromatic ring is 1. The maximum atomic E-state index is 5.79. The number of rotatable bonds is 4. The number of nitrogens with two attached hydrogens (primary N) is 1. The fraction of sp³-hybridized carbons (Fsp3) is 0.455. The summed E-state index contributed by atoms with van der Waals surface area (Å²) in [6, 6.07) is 1.77. The lowest BCUT2D eigenvalue weighted by atomic mass is 10.2. The standard InChI is InChI=1S/C11H15N5S2/c1-4-8-14-11(18-16-8)17-9-5-7(12)13-10(15-9)6(2)3/h5-6H,4H2,1-3H3,(H2,12,13,15). The van der Waals surface area contributed by atoms with Gasteiger partial charge in [0, 0.05) is 18.4 Å². The van der Waals surface area contributed by atoms with Crippen molar-refractivity contribution in [3.05, 3.63) is 17.7 Å². The predicted octanol–water partition coefficient (Wildman–Crippen LogP) is 2.75. The van der Waals surface area contributed by atoms with Gasteiger partial charge in [0.2, 0.25) is 0 Å². The Bertz CT molecular complexity index is 538. The van der Waals surface area contributed by atoms with Crippen LogP contribution in [0.15, 0.2) is 15.4 Å². The van der Waals surface area contributed by atoms with Gasteiger partial charge < -0.3 is 5.73 Å². The first kappa shape index (κ1) is 13.2. The average molecular weight is 281 g/mol. The van der Waals surface area contributed by atoms with Crippen LogP contribution in [0.5, 0.6) is 0 Å². The summed E-state index contributed by atoms with van der Waals surface area (Å²) in [7, 11) is 0. The Morgan fingerprint density at radius 3 is 2.72 bits per heavy atom. The quantitative estimate of drug-likeness (QED) is 0.868. The molecule has 96 valence electrons. The summed E-state index contributed by atoms with van der Waals surface area (Å²) in [6.07, 6.45) is 0.847. The molecule has 0 aliphatic heterocycles. The average Bonchev–Trinajstić information content (AvgIpc) is 2.76. The highest BCUT2D eigenvalue weighted by Crippen LogP contribution is 2.29. The lowest BCUT2D eigenvalue weighted by Gasteiger charge is -2.06. The monoisotopic (exact) mass is 281 g/mol. The molecule has 2 heterocycles. The van der Waals surface area contributed by atoms with Crippen LogP contribution in [-0.2, 0) is 6.42 Å². The Morgan fingerprint density at radius 2 is 2.11 bits per heavy atom. The molecule has 18 heavy (non-hydrogen) atoms. The Hall–Kier alpha value is -1.21. The molecule has 0 aliphatic carbocycles. The summed E-state index contributed by atoms with van der Waals surface area (Å²) in [5.74, 6) is 2.39. The van der Waals surface area contributed by atoms with Gasteiger partial charge in [-0.25, -0.2) is 15.0 Å². The Balaban J connectivity index is 2.23. The molecule has 0 amide bonds. The predicted molar refractivity (Wildman–Crippen MR) is 73.9 cm³/mol. The highest BCUT2D eigenvalue weighted by Gasteiger charge is 2.10. The van der Waals surface area contributed by atoms with Crippen LogP contribution >= 0.6 is 23.3 Å². The number of anilines is 1. The molecule has 2 N–H and O–H groups in total. The van der Waals surface area contributed by atoms with E-state index >= 15 is 0 Å². The van der Waals surface area contributed by atoms with Crippen LogP contribution in [0, 0.1) is 0 Å². The third kappa shape index (κ3) is 3.17. The van der Waals surface area contributed by atoms with Crippen LogP contribution in [-0.4, -0.2) is 19.3 Å². The Kier molecular flexibility index (Phi) is 4.13. The highest BCUT2D eigenvalue weighted by molar-refractivity contribution is 8.00. The van der Waals surface area contributed by atoms with Crippen molar-refractivity contribution in [2.45, 2.75) is 42.5 Å². The second-order valence-electron chi connectivity index (χ2n) is 4.08. The van der Waals surface area contributed by atoms with E-state index in [9.17, 15) is 0 Å². The van der Waals surface area contributed by atoms with Gasteiger partial charge in [0.15, 0.2) is 4.34 Å². The maximum absolute atomic E-state index is 5.79. The van der Waals surface area contributed by atoms with Crippen LogP contribution in [0.25, 0.3) is 0 Å². The molecule has 0 spiro atoms. The summed E-state index contributed by atoms with van der Waals surface area (Å²) < 4.78 is 5.13. The number of aryl methyl sites for hydroxylation is 1. The fourth-order valence-electron chi connectivity index (χ4n) is 1.28. The number of hydrogen-bond acceptors (Lipinski definition) is 7. The minimum absolute atomic E-state index is 0.258. The van der Waals surface area contributed by atoms with Crippen molar-refractivity contribution < 1.29 is 0 Å². The Morgan fingerprint density at radius 1 is 1.33 bits per heavy atom. The van der Waals surface area contributed by atoms with Crippen LogP contribution < -0.4 is 5.73 Å². The molecule has 5 nitrogen and oxygen atoms in total. The van der Waals surface area contributed by atoms with Crippen molar-refractivity contribution in [1.29, 1.82) is 0 Å². The van der Waals surface area contributed by atoms with Crippen molar-refractivity contribution in [2.75, 3.05) is 5.73 Å². The number of nitrogens with zero attached hydrogens (tertiary/aromatic N) is 4. The van der Waals surface area contributed by atoms with E-state index in [1.54, 1.807) is 6.07 Å². The summed E-state index contributed by atoms with van der Waals surface area (Å²) >= 11 is 2.87. The van der Waals surface area contributed by atoms with E-state index in [0.29, 0.717) is 5.82 Å². The third-order valence-electron chi connectivity index (χ3n) is 2.21. The second kappa shape index (κ2) is 5.62. The van der Waals surface area contributed by atoms with Crippen LogP contribution in [0.2, 0.25) is 0 Å². The van der Waals surface area contributed by atoms with Crippen molar-refractivity contribution >= 4 is 29.1 Å². The van der Waals surface area contributed by atoms with Crippen molar-refractivity contribution in [1.82, 2.24) is 19.3 Å². The van der Waals surface area contributed by atoms with Gasteiger partial charge in [-0.1, -0.05) is 20.8 Å². The summed E-state index contributed by atoms with van der Waals surface area (Å²) in [5.41, 5.74) is 5.79. The van der Waals surface area contributed by atoms with E-state index in [2.05, 4.69) is 19.3 Å². The smallest absolute Gasteiger partial charge is 0.176 e. The second-order valence-corrected chi connectivity index (χ2v) is 6.10. The zero-order valence-electron chi connectivity index (χ0n) is 10.5. The molecule has 0 aromatic carbocycles. The van der Waals surface area contributed by atoms with E-state index in [4.69, 9.17) is 5.73 Å². The number of aromatic nitrogens is 4. The fourth-order valence-corrected chi connectivity index (χ4v) is 2.95. The van der Waals surface area contributed by atoms with Gasteiger partial charge in [0.05, 0.1) is 0 Å². The first-order chi connectivity index (χ1) is 8.58. The molecule has 0 saturated heterocycles. The molecule has 0 unspecified atom stereocenters. The highest BCUT2D eigenvalue weighted by atomic mass is 32.2. The SMILES string of the molecule is CCc1nsc(Sc2cc(N)nc(C(C)C)n2)n1. The topological polar surface area (TPSA) is 77.6 Å². The van der Waals surface area contributed by atoms with Crippen LogP contribution in [0.4, 0.5) is 5.82 Å². The third-order valence-corrected chi connectivity index (χ3v) is 3.92. The van der Waals surface area contributed by atoms with Gasteiger partial charge in [0.1, 0.15) is 22.5 Å². The van der Waals surface area contributed by atoms with Gasteiger partial charge in [0.25, 0.3) is 0 Å². The molecule has 0 bridgehead atoms. The molecule has 2 aromatic heterocycles. The normalized spacial score (nSPS) is 11.1. The van der Waals surface area contributed by atoms with E-state index in [0.717, 1.165) is 27.4 Å². The Labute approximate surface area is 114 Å². The van der Waals surface area contributed by atoms with Gasteiger partial charge in [-0.2, -0.15) is 4.37 Å². The van der Waals surface area contributed by atoms with E-state index < -0.39 is 0 Å². The molecule has 2 aromatic rings. The summed E-state index contributed by atoms with van der Waals surface area (Å²) in [4.78, 5) is 13.1. The van der Waals surface area contributed by atoms with Gasteiger partial charge in [-0.15, -0.1) is 0 Å². The summed E-state index contributed by atoms with van der Waals surface area (Å²) in [6.45, 7) is 6.13. The van der Waals surface area contributed by atoms with E-state index in [-0.39, 0.29) is 5.92 Å². The molecular formula is C11H15N5S2.